The molecule has 0 amide bonds. The highest BCUT2D eigenvalue weighted by Gasteiger charge is 2.20. The number of aliphatic hydroxyl groups is 3. The Morgan fingerprint density at radius 2 is 1.62 bits per heavy atom. The van der Waals surface area contributed by atoms with E-state index in [1.165, 1.54) is 19.1 Å². The van der Waals surface area contributed by atoms with Crippen molar-refractivity contribution in [3.63, 3.8) is 0 Å². The predicted molar refractivity (Wildman–Crippen MR) is 72.9 cm³/mol. The van der Waals surface area contributed by atoms with E-state index >= 15 is 0 Å². The molecule has 0 spiro atoms. The highest BCUT2D eigenvalue weighted by atomic mass is 16.5. The Morgan fingerprint density at radius 3 is 1.95 bits per heavy atom. The standard InChI is InChI=1S/C9H8O4.C4H11NO3/c1-6(10)13-8-5-3-2-4-7(8)9(11)12;5-4(1-6,2-7)3-8/h2-5H,1H3,(H,11,12);6-8H,1-3,5H2. The molecule has 6 N–H and O–H groups in total. The number of para-hydroxylation sites is 1. The molecule has 0 aliphatic carbocycles. The number of esters is 1. The van der Waals surface area contributed by atoms with E-state index in [0.717, 1.165) is 0 Å². The predicted octanol–water partition coefficient (Wildman–Crippen LogP) is -1.03. The Hall–Kier alpha value is -2.00. The van der Waals surface area contributed by atoms with Gasteiger partial charge in [0.05, 0.1) is 25.4 Å². The highest BCUT2D eigenvalue weighted by molar-refractivity contribution is 5.91. The molecule has 0 atom stereocenters. The first-order valence-electron chi connectivity index (χ1n) is 5.92. The largest absolute Gasteiger partial charge is 0.478 e. The van der Waals surface area contributed by atoms with Crippen molar-refractivity contribution in [2.24, 2.45) is 5.73 Å². The quantitative estimate of drug-likeness (QED) is 0.342. The molecule has 0 fully saturated rings. The lowest BCUT2D eigenvalue weighted by Crippen LogP contribution is -2.50. The van der Waals surface area contributed by atoms with Crippen molar-refractivity contribution >= 4 is 11.9 Å². The Morgan fingerprint density at radius 1 is 1.14 bits per heavy atom. The van der Waals surface area contributed by atoms with Gasteiger partial charge >= 0.3 is 11.9 Å². The Bertz CT molecular complexity index is 463. The fourth-order valence-electron chi connectivity index (χ4n) is 1.04. The van der Waals surface area contributed by atoms with E-state index in [0.29, 0.717) is 0 Å². The maximum Gasteiger partial charge on any atom is 0.339 e. The zero-order valence-corrected chi connectivity index (χ0v) is 11.5. The summed E-state index contributed by atoms with van der Waals surface area (Å²) in [6, 6.07) is 5.98. The van der Waals surface area contributed by atoms with Crippen molar-refractivity contribution in [3.05, 3.63) is 29.8 Å². The molecule has 0 aliphatic heterocycles. The van der Waals surface area contributed by atoms with Crippen LogP contribution in [-0.4, -0.2) is 57.7 Å². The van der Waals surface area contributed by atoms with Crippen LogP contribution >= 0.6 is 0 Å². The van der Waals surface area contributed by atoms with E-state index in [1.807, 2.05) is 0 Å². The minimum Gasteiger partial charge on any atom is -0.478 e. The maximum atomic E-state index is 10.6. The monoisotopic (exact) mass is 301 g/mol. The molecular formula is C13H19NO7. The lowest BCUT2D eigenvalue weighted by atomic mass is 10.1. The number of nitrogens with two attached hydrogens (primary N) is 1. The minimum atomic E-state index is -1.21. The second kappa shape index (κ2) is 9.03. The first-order valence-corrected chi connectivity index (χ1v) is 5.92. The topological polar surface area (TPSA) is 150 Å². The summed E-state index contributed by atoms with van der Waals surface area (Å²) in [5.74, 6) is -1.58. The van der Waals surface area contributed by atoms with Crippen molar-refractivity contribution < 1.29 is 34.8 Å². The van der Waals surface area contributed by atoms with E-state index in [4.69, 9.17) is 26.2 Å². The van der Waals surface area contributed by atoms with Crippen LogP contribution < -0.4 is 10.5 Å². The van der Waals surface area contributed by atoms with E-state index in [-0.39, 0.29) is 11.3 Å². The molecule has 8 nitrogen and oxygen atoms in total. The second-order valence-electron chi connectivity index (χ2n) is 4.23. The van der Waals surface area contributed by atoms with Gasteiger partial charge in [-0.05, 0) is 12.1 Å². The first kappa shape index (κ1) is 19.0. The first-order chi connectivity index (χ1) is 9.79. The van der Waals surface area contributed by atoms with Crippen molar-refractivity contribution in [2.45, 2.75) is 12.5 Å². The molecule has 1 aromatic rings. The molecule has 8 heteroatoms. The summed E-state index contributed by atoms with van der Waals surface area (Å²) in [5, 5.41) is 33.7. The number of carbonyl (C=O) groups excluding carboxylic acids is 1. The van der Waals surface area contributed by atoms with E-state index < -0.39 is 37.3 Å². The molecule has 0 unspecified atom stereocenters. The summed E-state index contributed by atoms with van der Waals surface area (Å²) in [7, 11) is 0. The van der Waals surface area contributed by atoms with Gasteiger partial charge in [0.2, 0.25) is 0 Å². The molecule has 1 aromatic carbocycles. The molecule has 1 rings (SSSR count). The van der Waals surface area contributed by atoms with Crippen molar-refractivity contribution in [3.8, 4) is 5.75 Å². The lowest BCUT2D eigenvalue weighted by Gasteiger charge is -2.20. The summed E-state index contributed by atoms with van der Waals surface area (Å²) in [5.41, 5.74) is 3.92. The molecular weight excluding hydrogens is 282 g/mol. The van der Waals surface area contributed by atoms with E-state index in [2.05, 4.69) is 4.74 Å². The fraction of sp³-hybridized carbons (Fsp3) is 0.385. The smallest absolute Gasteiger partial charge is 0.339 e. The normalized spacial score (nSPS) is 10.3. The van der Waals surface area contributed by atoms with Crippen LogP contribution in [0.5, 0.6) is 5.75 Å². The number of aliphatic hydroxyl groups excluding tert-OH is 3. The van der Waals surface area contributed by atoms with E-state index in [1.54, 1.807) is 12.1 Å². The summed E-state index contributed by atoms with van der Waals surface area (Å²) in [6.07, 6.45) is 0. The molecule has 0 aliphatic rings. The molecule has 0 aromatic heterocycles. The van der Waals surface area contributed by atoms with Crippen molar-refractivity contribution in [2.75, 3.05) is 19.8 Å². The van der Waals surface area contributed by atoms with Gasteiger partial charge in [-0.1, -0.05) is 12.1 Å². The number of aromatic carboxylic acids is 1. The van der Waals surface area contributed by atoms with E-state index in [9.17, 15) is 9.59 Å². The van der Waals surface area contributed by atoms with Crippen LogP contribution in [-0.2, 0) is 4.79 Å². The minimum absolute atomic E-state index is 0.0160. The van der Waals surface area contributed by atoms with Crippen LogP contribution in [0.2, 0.25) is 0 Å². The zero-order chi connectivity index (χ0) is 16.5. The summed E-state index contributed by atoms with van der Waals surface area (Å²) in [4.78, 5) is 21.2. The number of carboxylic acid groups (broad SMARTS) is 1. The molecule has 0 heterocycles. The van der Waals surface area contributed by atoms with Crippen LogP contribution in [0, 0.1) is 0 Å². The summed E-state index contributed by atoms with van der Waals surface area (Å²) in [6.45, 7) is 0.0125. The second-order valence-corrected chi connectivity index (χ2v) is 4.23. The summed E-state index contributed by atoms with van der Waals surface area (Å²) < 4.78 is 4.69. The number of carbonyl (C=O) groups is 2. The molecule has 21 heavy (non-hydrogen) atoms. The average molecular weight is 301 g/mol. The molecule has 118 valence electrons. The third kappa shape index (κ3) is 6.82. The third-order valence-electron chi connectivity index (χ3n) is 2.32. The van der Waals surface area contributed by atoms with Crippen LogP contribution in [0.1, 0.15) is 17.3 Å². The Kier molecular flexibility index (Phi) is 8.17. The lowest BCUT2D eigenvalue weighted by molar-refractivity contribution is -0.131. The van der Waals surface area contributed by atoms with Gasteiger partial charge in [-0.3, -0.25) is 4.79 Å². The van der Waals surface area contributed by atoms with Gasteiger partial charge in [-0.25, -0.2) is 4.79 Å². The van der Waals surface area contributed by atoms with Crippen molar-refractivity contribution in [1.82, 2.24) is 0 Å². The maximum absolute atomic E-state index is 10.6. The van der Waals surface area contributed by atoms with Gasteiger partial charge in [0.15, 0.2) is 0 Å². The number of ether oxygens (including phenoxy) is 1. The summed E-state index contributed by atoms with van der Waals surface area (Å²) >= 11 is 0. The van der Waals surface area contributed by atoms with Gasteiger partial charge < -0.3 is 30.9 Å². The van der Waals surface area contributed by atoms with Gasteiger partial charge in [-0.2, -0.15) is 0 Å². The Balaban J connectivity index is 0.000000433. The average Bonchev–Trinajstić information content (AvgIpc) is 2.47. The van der Waals surface area contributed by atoms with Gasteiger partial charge in [-0.15, -0.1) is 0 Å². The van der Waals surface area contributed by atoms with Crippen LogP contribution in [0.15, 0.2) is 24.3 Å². The fourth-order valence-corrected chi connectivity index (χ4v) is 1.04. The highest BCUT2D eigenvalue weighted by Crippen LogP contribution is 2.17. The van der Waals surface area contributed by atoms with Crippen LogP contribution in [0.25, 0.3) is 0 Å². The van der Waals surface area contributed by atoms with Gasteiger partial charge in [0.1, 0.15) is 11.3 Å². The third-order valence-corrected chi connectivity index (χ3v) is 2.32. The number of carboxylic acids is 1. The number of rotatable bonds is 5. The Labute approximate surface area is 121 Å². The van der Waals surface area contributed by atoms with Crippen LogP contribution in [0.3, 0.4) is 0 Å². The van der Waals surface area contributed by atoms with Gasteiger partial charge in [0, 0.05) is 6.92 Å². The van der Waals surface area contributed by atoms with Crippen LogP contribution in [0.4, 0.5) is 0 Å². The number of benzene rings is 1. The molecule has 0 radical (unpaired) electrons. The zero-order valence-electron chi connectivity index (χ0n) is 11.5. The van der Waals surface area contributed by atoms with Gasteiger partial charge in [0.25, 0.3) is 0 Å². The number of hydrogen-bond acceptors (Lipinski definition) is 7. The van der Waals surface area contributed by atoms with Crippen molar-refractivity contribution in [1.29, 1.82) is 0 Å². The molecule has 0 bridgehead atoms. The molecule has 0 saturated heterocycles. The SMILES string of the molecule is CC(=O)Oc1ccccc1C(=O)O.NC(CO)(CO)CO. The molecule has 0 saturated carbocycles. The number of hydrogen-bond donors (Lipinski definition) is 5.